The van der Waals surface area contributed by atoms with E-state index in [2.05, 4.69) is 21.0 Å². The molecule has 1 heterocycles. The van der Waals surface area contributed by atoms with Gasteiger partial charge in [0, 0.05) is 12.3 Å². The first-order valence-corrected chi connectivity index (χ1v) is 4.99. The molecular formula is C9H5BrClFN2. The Morgan fingerprint density at radius 1 is 1.43 bits per heavy atom. The van der Waals surface area contributed by atoms with Crippen LogP contribution in [-0.2, 0) is 0 Å². The molecule has 0 aliphatic carbocycles. The summed E-state index contributed by atoms with van der Waals surface area (Å²) in [5.41, 5.74) is 0.525. The van der Waals surface area contributed by atoms with Crippen molar-refractivity contribution in [3.63, 3.8) is 0 Å². The molecule has 0 spiro atoms. The second kappa shape index (κ2) is 3.71. The van der Waals surface area contributed by atoms with Crippen LogP contribution in [0.5, 0.6) is 0 Å². The monoisotopic (exact) mass is 274 g/mol. The minimum absolute atomic E-state index is 0.337. The molecule has 0 unspecified atom stereocenters. The van der Waals surface area contributed by atoms with Crippen LogP contribution >= 0.6 is 27.5 Å². The Labute approximate surface area is 93.4 Å². The number of rotatable bonds is 1. The van der Waals surface area contributed by atoms with Crippen LogP contribution in [0.1, 0.15) is 0 Å². The van der Waals surface area contributed by atoms with E-state index in [1.165, 1.54) is 22.9 Å². The molecule has 0 bridgehead atoms. The van der Waals surface area contributed by atoms with Gasteiger partial charge in [-0.3, -0.25) is 0 Å². The topological polar surface area (TPSA) is 17.8 Å². The van der Waals surface area contributed by atoms with Crippen molar-refractivity contribution in [1.82, 2.24) is 9.78 Å². The number of nitrogens with zero attached hydrogens (tertiary/aromatic N) is 2. The number of aromatic nitrogens is 2. The molecule has 2 rings (SSSR count). The average Bonchev–Trinajstić information content (AvgIpc) is 2.56. The van der Waals surface area contributed by atoms with Gasteiger partial charge in [0.2, 0.25) is 0 Å². The van der Waals surface area contributed by atoms with Crippen LogP contribution in [0, 0.1) is 5.82 Å². The van der Waals surface area contributed by atoms with E-state index in [0.717, 1.165) is 4.47 Å². The van der Waals surface area contributed by atoms with Gasteiger partial charge in [-0.05, 0) is 28.1 Å². The fourth-order valence-corrected chi connectivity index (χ4v) is 1.58. The third-order valence-corrected chi connectivity index (χ3v) is 2.44. The summed E-state index contributed by atoms with van der Waals surface area (Å²) in [4.78, 5) is 0. The fourth-order valence-electron chi connectivity index (χ4n) is 1.09. The highest BCUT2D eigenvalue weighted by molar-refractivity contribution is 9.10. The SMILES string of the molecule is Fc1ccc(Cl)c(-n2cc(Br)cn2)c1. The minimum atomic E-state index is -0.337. The molecule has 0 N–H and O–H groups in total. The Morgan fingerprint density at radius 3 is 2.86 bits per heavy atom. The Morgan fingerprint density at radius 2 is 2.21 bits per heavy atom. The smallest absolute Gasteiger partial charge is 0.125 e. The molecule has 0 aliphatic heterocycles. The molecule has 0 saturated heterocycles. The van der Waals surface area contributed by atoms with E-state index in [4.69, 9.17) is 11.6 Å². The number of hydrogen-bond acceptors (Lipinski definition) is 1. The zero-order valence-corrected chi connectivity index (χ0v) is 9.26. The van der Waals surface area contributed by atoms with Gasteiger partial charge < -0.3 is 0 Å². The predicted octanol–water partition coefficient (Wildman–Crippen LogP) is 3.43. The van der Waals surface area contributed by atoms with Crippen molar-refractivity contribution in [1.29, 1.82) is 0 Å². The van der Waals surface area contributed by atoms with Crippen molar-refractivity contribution in [3.05, 3.63) is 45.9 Å². The summed E-state index contributed by atoms with van der Waals surface area (Å²) in [7, 11) is 0. The van der Waals surface area contributed by atoms with Crippen molar-refractivity contribution in [2.24, 2.45) is 0 Å². The highest BCUT2D eigenvalue weighted by Crippen LogP contribution is 2.21. The lowest BCUT2D eigenvalue weighted by Crippen LogP contribution is -1.95. The third kappa shape index (κ3) is 1.81. The van der Waals surface area contributed by atoms with E-state index < -0.39 is 0 Å². The van der Waals surface area contributed by atoms with Gasteiger partial charge >= 0.3 is 0 Å². The van der Waals surface area contributed by atoms with Crippen molar-refractivity contribution >= 4 is 27.5 Å². The first-order valence-electron chi connectivity index (χ1n) is 3.82. The van der Waals surface area contributed by atoms with Crippen LogP contribution in [0.25, 0.3) is 5.69 Å². The van der Waals surface area contributed by atoms with Crippen LogP contribution in [0.15, 0.2) is 35.1 Å². The molecule has 1 aromatic heterocycles. The van der Waals surface area contributed by atoms with Gasteiger partial charge in [-0.2, -0.15) is 5.10 Å². The van der Waals surface area contributed by atoms with Crippen LogP contribution in [0.4, 0.5) is 4.39 Å². The van der Waals surface area contributed by atoms with E-state index in [1.807, 2.05) is 0 Å². The molecule has 72 valence electrons. The molecule has 2 nitrogen and oxygen atoms in total. The lowest BCUT2D eigenvalue weighted by molar-refractivity contribution is 0.625. The summed E-state index contributed by atoms with van der Waals surface area (Å²) < 4.78 is 15.3. The summed E-state index contributed by atoms with van der Waals surface area (Å²) in [5, 5.41) is 4.47. The summed E-state index contributed by atoms with van der Waals surface area (Å²) in [6, 6.07) is 4.15. The van der Waals surface area contributed by atoms with Crippen LogP contribution in [0.3, 0.4) is 0 Å². The molecule has 1 aromatic carbocycles. The molecule has 0 amide bonds. The molecule has 0 aliphatic rings. The highest BCUT2D eigenvalue weighted by Gasteiger charge is 2.05. The van der Waals surface area contributed by atoms with Crippen molar-refractivity contribution < 1.29 is 4.39 Å². The fraction of sp³-hybridized carbons (Fsp3) is 0. The quantitative estimate of drug-likeness (QED) is 0.780. The van der Waals surface area contributed by atoms with E-state index in [1.54, 1.807) is 12.4 Å². The van der Waals surface area contributed by atoms with Crippen LogP contribution < -0.4 is 0 Å². The number of benzene rings is 1. The van der Waals surface area contributed by atoms with Crippen LogP contribution in [0.2, 0.25) is 5.02 Å². The second-order valence-corrected chi connectivity index (χ2v) is 4.02. The van der Waals surface area contributed by atoms with Gasteiger partial charge in [0.1, 0.15) is 5.82 Å². The van der Waals surface area contributed by atoms with Gasteiger partial charge in [-0.1, -0.05) is 11.6 Å². The van der Waals surface area contributed by atoms with Crippen molar-refractivity contribution in [2.45, 2.75) is 0 Å². The second-order valence-electron chi connectivity index (χ2n) is 2.70. The molecule has 0 atom stereocenters. The molecule has 14 heavy (non-hydrogen) atoms. The third-order valence-electron chi connectivity index (χ3n) is 1.71. The van der Waals surface area contributed by atoms with Gasteiger partial charge in [0.25, 0.3) is 0 Å². The summed E-state index contributed by atoms with van der Waals surface area (Å²) in [6.45, 7) is 0. The normalized spacial score (nSPS) is 10.5. The minimum Gasteiger partial charge on any atom is -0.238 e. The summed E-state index contributed by atoms with van der Waals surface area (Å²) >= 11 is 9.15. The molecule has 0 radical (unpaired) electrons. The lowest BCUT2D eigenvalue weighted by atomic mass is 10.3. The Hall–Kier alpha value is -0.870. The van der Waals surface area contributed by atoms with E-state index in [0.29, 0.717) is 10.7 Å². The highest BCUT2D eigenvalue weighted by atomic mass is 79.9. The Kier molecular flexibility index (Phi) is 2.56. The Bertz CT molecular complexity index is 470. The lowest BCUT2D eigenvalue weighted by Gasteiger charge is -2.03. The van der Waals surface area contributed by atoms with Gasteiger partial charge in [-0.25, -0.2) is 9.07 Å². The first-order chi connectivity index (χ1) is 6.66. The number of halogens is 3. The van der Waals surface area contributed by atoms with Gasteiger partial charge in [0.15, 0.2) is 0 Å². The summed E-state index contributed by atoms with van der Waals surface area (Å²) in [6.07, 6.45) is 3.32. The predicted molar refractivity (Wildman–Crippen MR) is 56.2 cm³/mol. The average molecular weight is 276 g/mol. The number of hydrogen-bond donors (Lipinski definition) is 0. The van der Waals surface area contributed by atoms with Gasteiger partial charge in [-0.15, -0.1) is 0 Å². The zero-order valence-electron chi connectivity index (χ0n) is 6.92. The zero-order chi connectivity index (χ0) is 10.1. The molecule has 0 saturated carbocycles. The standard InChI is InChI=1S/C9H5BrClFN2/c10-6-4-13-14(5-6)9-3-7(12)1-2-8(9)11/h1-5H. The maximum Gasteiger partial charge on any atom is 0.125 e. The molecule has 0 fully saturated rings. The molecular weight excluding hydrogens is 270 g/mol. The van der Waals surface area contributed by atoms with Crippen molar-refractivity contribution in [3.8, 4) is 5.69 Å². The van der Waals surface area contributed by atoms with Crippen molar-refractivity contribution in [2.75, 3.05) is 0 Å². The largest absolute Gasteiger partial charge is 0.238 e. The van der Waals surface area contributed by atoms with Crippen LogP contribution in [-0.4, -0.2) is 9.78 Å². The van der Waals surface area contributed by atoms with E-state index in [-0.39, 0.29) is 5.82 Å². The van der Waals surface area contributed by atoms with Gasteiger partial charge in [0.05, 0.1) is 21.4 Å². The maximum atomic E-state index is 12.9. The molecule has 5 heteroatoms. The molecule has 2 aromatic rings. The maximum absolute atomic E-state index is 12.9. The Balaban J connectivity index is 2.55. The van der Waals surface area contributed by atoms with E-state index in [9.17, 15) is 4.39 Å². The van der Waals surface area contributed by atoms with E-state index >= 15 is 0 Å². The summed E-state index contributed by atoms with van der Waals surface area (Å²) in [5.74, 6) is -0.337. The first kappa shape index (κ1) is 9.68.